The minimum atomic E-state index is -4.39. The number of aliphatic hydroxyl groups excluding tert-OH is 1. The van der Waals surface area contributed by atoms with Crippen LogP contribution in [0.2, 0.25) is 0 Å². The zero-order chi connectivity index (χ0) is 56.6. The highest BCUT2D eigenvalue weighted by molar-refractivity contribution is 8.00. The Balaban J connectivity index is 0.798. The van der Waals surface area contributed by atoms with E-state index in [2.05, 4.69) is 41.9 Å². The molecular formula is C57H66N10O10S3. The SMILES string of the molecule is CC1CN(CC(O)[C@H](C)n2cc(CNC(=O)[C@H](Cc3ccc(C(=O)c4ccccc4)cc3)NC(=O)CCCCCNC(=O)CCCC[C@@H]3SC[C@@H]4NC(=O)N[C@@H]43)nn2)S(=O)(=O)c2cccc(c2)S(=O)(=O)c2cccc3c1ccnc23. The quantitative estimate of drug-likeness (QED) is 0.0268. The summed E-state index contributed by atoms with van der Waals surface area (Å²) in [6.45, 7) is 3.38. The lowest BCUT2D eigenvalue weighted by Crippen LogP contribution is -2.47. The standard InChI is InChI=1S/C57H66N10O10S3/c1-36-32-66(80(76,77)43-16-11-15-42(30-43)79(74,75)50-19-12-17-45-44(36)26-28-59-53(45)50)34-48(68)37(2)67-33-41(64-65-67)31-60-56(72)46(29-38-22-24-40(25-23-38)55(71)39-13-5-3-6-14-39)61-52(70)21-7-4-10-27-58-51(69)20-9-8-18-49-54-47(35-78-49)62-57(73)63-54/h3,5-6,11-17,19,22-26,28,30,33,36-37,46-49,54,68H,4,7-10,18,20-21,27,29,31-32,34-35H2,1-2H3,(H,58,69)(H,60,72)(H,61,70)(H2,62,63,73)/t36?,37-,46-,47-,48?,49-,54-/m0/s1. The second-order valence-electron chi connectivity index (χ2n) is 20.7. The molecule has 2 saturated heterocycles. The van der Waals surface area contributed by atoms with E-state index in [0.717, 1.165) is 35.4 Å². The van der Waals surface area contributed by atoms with Gasteiger partial charge in [-0.25, -0.2) is 26.3 Å². The van der Waals surface area contributed by atoms with Gasteiger partial charge in [0.1, 0.15) is 11.7 Å². The number of sulfonamides is 1. The minimum Gasteiger partial charge on any atom is -0.390 e. The number of hydrogen-bond donors (Lipinski definition) is 6. The first-order valence-corrected chi connectivity index (χ1v) is 31.0. The van der Waals surface area contributed by atoms with E-state index < -0.39 is 56.4 Å². The first-order chi connectivity index (χ1) is 38.5. The minimum absolute atomic E-state index is 0.0206. The molecule has 0 saturated carbocycles. The lowest BCUT2D eigenvalue weighted by molar-refractivity contribution is -0.129. The summed E-state index contributed by atoms with van der Waals surface area (Å²) < 4.78 is 59.5. The first-order valence-electron chi connectivity index (χ1n) is 27.0. The van der Waals surface area contributed by atoms with Crippen molar-refractivity contribution in [2.24, 2.45) is 0 Å². The lowest BCUT2D eigenvalue weighted by Gasteiger charge is -2.30. The number of rotatable bonds is 23. The number of carbonyl (C=O) groups is 5. The maximum atomic E-state index is 14.5. The average molecular weight is 1150 g/mol. The number of hydrogen-bond acceptors (Lipinski definition) is 14. The second-order valence-corrected chi connectivity index (χ2v) is 25.8. The molecular weight excluding hydrogens is 1080 g/mol. The molecule has 0 spiro atoms. The summed E-state index contributed by atoms with van der Waals surface area (Å²) in [5.74, 6) is -0.594. The number of unbranched alkanes of at least 4 members (excludes halogenated alkanes) is 3. The topological polar surface area (TPSA) is 281 Å². The van der Waals surface area contributed by atoms with Crippen LogP contribution in [0.5, 0.6) is 0 Å². The number of pyridine rings is 1. The number of nitrogens with one attached hydrogen (secondary N) is 5. The summed E-state index contributed by atoms with van der Waals surface area (Å²) in [7, 11) is -8.59. The van der Waals surface area contributed by atoms with Crippen LogP contribution >= 0.6 is 11.8 Å². The number of urea groups is 1. The molecule has 5 amide bonds. The predicted octanol–water partition coefficient (Wildman–Crippen LogP) is 5.37. The van der Waals surface area contributed by atoms with Gasteiger partial charge in [0.25, 0.3) is 0 Å². The summed E-state index contributed by atoms with van der Waals surface area (Å²) in [5, 5.41) is 35.7. The molecule has 9 rings (SSSR count). The fourth-order valence-corrected chi connectivity index (χ4v) is 15.1. The van der Waals surface area contributed by atoms with Crippen molar-refractivity contribution in [2.75, 3.05) is 25.4 Å². The van der Waals surface area contributed by atoms with Gasteiger partial charge < -0.3 is 31.7 Å². The lowest BCUT2D eigenvalue weighted by atomic mass is 9.97. The van der Waals surface area contributed by atoms with E-state index in [1.165, 1.54) is 41.3 Å². The Bertz CT molecular complexity index is 3460. The van der Waals surface area contributed by atoms with Crippen LogP contribution in [0.3, 0.4) is 0 Å². The number of para-hydroxylation sites is 1. The maximum Gasteiger partial charge on any atom is 0.315 e. The van der Waals surface area contributed by atoms with Gasteiger partial charge in [-0.1, -0.05) is 97.8 Å². The molecule has 0 aliphatic carbocycles. The number of aliphatic hydroxyl groups is 1. The van der Waals surface area contributed by atoms with Gasteiger partial charge in [0.05, 0.1) is 57.2 Å². The van der Waals surface area contributed by atoms with Gasteiger partial charge in [-0.3, -0.25) is 24.2 Å². The van der Waals surface area contributed by atoms with Gasteiger partial charge >= 0.3 is 6.03 Å². The van der Waals surface area contributed by atoms with Crippen molar-refractivity contribution in [3.05, 3.63) is 143 Å². The van der Waals surface area contributed by atoms with E-state index in [9.17, 15) is 45.9 Å². The number of amides is 5. The Kier molecular flexibility index (Phi) is 18.4. The molecule has 23 heteroatoms. The molecule has 422 valence electrons. The van der Waals surface area contributed by atoms with Gasteiger partial charge in [-0.2, -0.15) is 16.1 Å². The van der Waals surface area contributed by atoms with Gasteiger partial charge in [0.15, 0.2) is 5.78 Å². The van der Waals surface area contributed by atoms with Gasteiger partial charge in [0, 0.05) is 72.6 Å². The molecule has 2 fully saturated rings. The highest BCUT2D eigenvalue weighted by atomic mass is 32.2. The fourth-order valence-electron chi connectivity index (χ4n) is 10.4. The third-order valence-corrected chi connectivity index (χ3v) is 20.1. The summed E-state index contributed by atoms with van der Waals surface area (Å²) in [5.41, 5.74) is 2.96. The third-order valence-electron chi connectivity index (χ3n) is 15.0. The van der Waals surface area contributed by atoms with E-state index in [0.29, 0.717) is 70.8 Å². The smallest absolute Gasteiger partial charge is 0.315 e. The summed E-state index contributed by atoms with van der Waals surface area (Å²) in [6.07, 6.45) is 6.80. The maximum absolute atomic E-state index is 14.5. The Morgan fingerprint density at radius 3 is 2.36 bits per heavy atom. The number of ketones is 1. The summed E-state index contributed by atoms with van der Waals surface area (Å²) >= 11 is 1.86. The van der Waals surface area contributed by atoms with Crippen LogP contribution in [0.4, 0.5) is 4.79 Å². The number of thioether (sulfide) groups is 1. The van der Waals surface area contributed by atoms with E-state index in [1.54, 1.807) is 73.7 Å². The summed E-state index contributed by atoms with van der Waals surface area (Å²) in [6, 6.07) is 25.8. The number of nitrogens with zero attached hydrogens (tertiary/aromatic N) is 5. The Hall–Kier alpha value is -7.05. The van der Waals surface area contributed by atoms with E-state index in [1.807, 2.05) is 24.8 Å². The number of fused-ring (bicyclic) bond motifs is 3. The molecule has 6 aromatic rings. The molecule has 7 atom stereocenters. The Labute approximate surface area is 469 Å². The van der Waals surface area contributed by atoms with E-state index in [-0.39, 0.29) is 81.8 Å². The van der Waals surface area contributed by atoms with Crippen molar-refractivity contribution in [1.29, 1.82) is 0 Å². The highest BCUT2D eigenvalue weighted by Crippen LogP contribution is 2.36. The molecule has 6 N–H and O–H groups in total. The van der Waals surface area contributed by atoms with Crippen LogP contribution in [0.25, 0.3) is 10.9 Å². The van der Waals surface area contributed by atoms with E-state index in [4.69, 9.17) is 0 Å². The van der Waals surface area contributed by atoms with Crippen molar-refractivity contribution in [3.63, 3.8) is 0 Å². The predicted molar refractivity (Wildman–Crippen MR) is 301 cm³/mol. The number of β-amino-alcohol motifs (C(OH)–C–C–N with tert-alkyl or cyclic N) is 1. The Morgan fingerprint density at radius 2 is 1.56 bits per heavy atom. The average Bonchev–Trinajstić information content (AvgIpc) is 4.26. The normalized spacial score (nSPS) is 20.3. The molecule has 2 aromatic heterocycles. The largest absolute Gasteiger partial charge is 0.390 e. The zero-order valence-corrected chi connectivity index (χ0v) is 46.9. The van der Waals surface area contributed by atoms with Crippen LogP contribution in [-0.4, -0.2) is 131 Å². The van der Waals surface area contributed by atoms with Crippen molar-refractivity contribution >= 4 is 72.1 Å². The van der Waals surface area contributed by atoms with Crippen LogP contribution in [0, 0.1) is 0 Å². The van der Waals surface area contributed by atoms with Gasteiger partial charge in [0.2, 0.25) is 37.6 Å². The highest BCUT2D eigenvalue weighted by Gasteiger charge is 2.42. The zero-order valence-electron chi connectivity index (χ0n) is 44.5. The molecule has 3 aliphatic heterocycles. The molecule has 0 radical (unpaired) electrons. The number of benzene rings is 4. The van der Waals surface area contributed by atoms with Crippen LogP contribution < -0.4 is 26.6 Å². The van der Waals surface area contributed by atoms with Crippen molar-refractivity contribution in [3.8, 4) is 0 Å². The van der Waals surface area contributed by atoms with Crippen LogP contribution in [0.15, 0.2) is 130 Å². The monoisotopic (exact) mass is 1150 g/mol. The van der Waals surface area contributed by atoms with Crippen molar-refractivity contribution < 1.29 is 45.9 Å². The number of carbonyl (C=O) groups excluding carboxylic acids is 5. The Morgan fingerprint density at radius 1 is 0.825 bits per heavy atom. The van der Waals surface area contributed by atoms with Crippen LogP contribution in [-0.2, 0) is 47.2 Å². The number of sulfone groups is 1. The molecule has 6 bridgehead atoms. The molecule has 4 aromatic carbocycles. The molecule has 2 unspecified atom stereocenters. The third kappa shape index (κ3) is 13.6. The van der Waals surface area contributed by atoms with Crippen LogP contribution in [0.1, 0.15) is 110 Å². The molecule has 5 heterocycles. The fraction of sp³-hybridized carbons (Fsp3) is 0.404. The molecule has 3 aliphatic rings. The van der Waals surface area contributed by atoms with E-state index >= 15 is 0 Å². The second kappa shape index (κ2) is 25.6. The number of aromatic nitrogens is 4. The molecule has 80 heavy (non-hydrogen) atoms. The van der Waals surface area contributed by atoms with Gasteiger partial charge in [-0.15, -0.1) is 5.10 Å². The van der Waals surface area contributed by atoms with Crippen molar-refractivity contribution in [2.45, 2.75) is 134 Å². The van der Waals surface area contributed by atoms with Gasteiger partial charge in [-0.05, 0) is 80.0 Å². The first kappa shape index (κ1) is 57.6. The molecule has 20 nitrogen and oxygen atoms in total. The summed E-state index contributed by atoms with van der Waals surface area (Å²) in [4.78, 5) is 68.7. The van der Waals surface area contributed by atoms with Crippen molar-refractivity contribution in [1.82, 2.24) is 50.9 Å².